The maximum atomic E-state index is 14.8. The number of carbonyl (C=O) groups excluding carboxylic acids is 1. The largest absolute Gasteiger partial charge is 0.447 e. The minimum atomic E-state index is -5.04. The van der Waals surface area contributed by atoms with E-state index in [1.165, 1.54) is 25.3 Å². The number of nitro benzene ring substituents is 1. The Morgan fingerprint density at radius 1 is 1.23 bits per heavy atom. The van der Waals surface area contributed by atoms with Crippen molar-refractivity contribution in [1.82, 2.24) is 14.1 Å². The van der Waals surface area contributed by atoms with Crippen molar-refractivity contribution >= 4 is 23.2 Å². The van der Waals surface area contributed by atoms with Gasteiger partial charge in [0.15, 0.2) is 11.6 Å². The van der Waals surface area contributed by atoms with Crippen molar-refractivity contribution in [3.05, 3.63) is 79.0 Å². The Morgan fingerprint density at radius 2 is 1.91 bits per heavy atom. The first-order chi connectivity index (χ1) is 16.3. The number of ketones is 1. The fourth-order valence-electron chi connectivity index (χ4n) is 2.90. The van der Waals surface area contributed by atoms with E-state index in [0.717, 1.165) is 18.8 Å². The highest BCUT2D eigenvalue weighted by atomic mass is 32.2. The van der Waals surface area contributed by atoms with E-state index in [2.05, 4.69) is 4.98 Å². The van der Waals surface area contributed by atoms with Crippen LogP contribution in [0.1, 0.15) is 12.6 Å². The average molecular weight is 514 g/mol. The summed E-state index contributed by atoms with van der Waals surface area (Å²) in [5.74, 6) is -2.31. The zero-order chi connectivity index (χ0) is 26.1. The summed E-state index contributed by atoms with van der Waals surface area (Å²) >= 11 is 0.958. The van der Waals surface area contributed by atoms with E-state index in [0.29, 0.717) is 12.1 Å². The predicted molar refractivity (Wildman–Crippen MR) is 115 cm³/mol. The van der Waals surface area contributed by atoms with Crippen LogP contribution in [-0.2, 0) is 18.0 Å². The van der Waals surface area contributed by atoms with Crippen molar-refractivity contribution in [2.24, 2.45) is 7.05 Å². The summed E-state index contributed by atoms with van der Waals surface area (Å²) in [7, 11) is 0.732. The monoisotopic (exact) mass is 514 g/mol. The molecule has 0 aliphatic heterocycles. The van der Waals surface area contributed by atoms with Crippen LogP contribution in [0.2, 0.25) is 0 Å². The second kappa shape index (κ2) is 9.69. The van der Waals surface area contributed by atoms with E-state index in [4.69, 9.17) is 4.74 Å². The number of benzene rings is 1. The molecule has 2 heterocycles. The highest BCUT2D eigenvalue weighted by Gasteiger charge is 2.35. The summed E-state index contributed by atoms with van der Waals surface area (Å²) in [4.78, 5) is 50.7. The first kappa shape index (κ1) is 25.6. The molecular weight excluding hydrogens is 500 g/mol. The molecule has 0 bridgehead atoms. The maximum absolute atomic E-state index is 14.8. The lowest BCUT2D eigenvalue weighted by molar-refractivity contribution is -0.385. The Bertz CT molecular complexity index is 1450. The van der Waals surface area contributed by atoms with E-state index < -0.39 is 51.0 Å². The number of ether oxygens (including phenoxy) is 1. The molecular formula is C20H14F4N4O6S. The van der Waals surface area contributed by atoms with Crippen LogP contribution in [0.25, 0.3) is 5.69 Å². The number of aromatic nitrogens is 3. The van der Waals surface area contributed by atoms with E-state index in [9.17, 15) is 42.1 Å². The lowest BCUT2D eigenvalue weighted by atomic mass is 10.2. The number of carbonyl (C=O) groups is 1. The van der Waals surface area contributed by atoms with Gasteiger partial charge in [0, 0.05) is 25.4 Å². The molecule has 0 spiro atoms. The zero-order valence-electron chi connectivity index (χ0n) is 17.8. The molecule has 0 saturated carbocycles. The van der Waals surface area contributed by atoms with Gasteiger partial charge >= 0.3 is 17.6 Å². The van der Waals surface area contributed by atoms with Crippen molar-refractivity contribution in [1.29, 1.82) is 0 Å². The number of hydrogen-bond donors (Lipinski definition) is 0. The van der Waals surface area contributed by atoms with Gasteiger partial charge in [0.25, 0.3) is 5.56 Å². The SMILES string of the molecule is CC(=O)CSc1ncccc1Oc1cc(-n2c(=O)cc(C(F)(F)F)n(C)c2=O)c(F)cc1[N+](=O)[O-]. The van der Waals surface area contributed by atoms with Crippen molar-refractivity contribution in [3.63, 3.8) is 0 Å². The molecule has 0 atom stereocenters. The normalized spacial score (nSPS) is 11.4. The van der Waals surface area contributed by atoms with Crippen molar-refractivity contribution in [2.75, 3.05) is 5.75 Å². The molecule has 2 aromatic heterocycles. The molecule has 35 heavy (non-hydrogen) atoms. The highest BCUT2D eigenvalue weighted by Crippen LogP contribution is 2.37. The molecule has 3 aromatic rings. The van der Waals surface area contributed by atoms with Crippen LogP contribution in [-0.4, -0.2) is 30.6 Å². The summed E-state index contributed by atoms with van der Waals surface area (Å²) in [6, 6.07) is 3.88. The third-order valence-corrected chi connectivity index (χ3v) is 5.58. The van der Waals surface area contributed by atoms with Crippen LogP contribution < -0.4 is 16.0 Å². The van der Waals surface area contributed by atoms with Crippen LogP contribution in [0, 0.1) is 15.9 Å². The Labute approximate surface area is 196 Å². The number of pyridine rings is 1. The number of rotatable bonds is 7. The second-order valence-electron chi connectivity index (χ2n) is 6.97. The number of alkyl halides is 3. The molecule has 0 fully saturated rings. The van der Waals surface area contributed by atoms with Gasteiger partial charge in [-0.25, -0.2) is 18.7 Å². The Morgan fingerprint density at radius 3 is 2.51 bits per heavy atom. The topological polar surface area (TPSA) is 126 Å². The van der Waals surface area contributed by atoms with Gasteiger partial charge in [-0.05, 0) is 19.1 Å². The third-order valence-electron chi connectivity index (χ3n) is 4.44. The third kappa shape index (κ3) is 5.40. The molecule has 0 saturated heterocycles. The lowest BCUT2D eigenvalue weighted by Gasteiger charge is -2.15. The van der Waals surface area contributed by atoms with E-state index in [-0.39, 0.29) is 37.5 Å². The van der Waals surface area contributed by atoms with Gasteiger partial charge in [-0.2, -0.15) is 13.2 Å². The maximum Gasteiger partial charge on any atom is 0.431 e. The van der Waals surface area contributed by atoms with Gasteiger partial charge in [-0.3, -0.25) is 24.3 Å². The minimum Gasteiger partial charge on any atom is -0.447 e. The molecule has 0 radical (unpaired) electrons. The minimum absolute atomic E-state index is 0.00112. The number of hydrogen-bond acceptors (Lipinski definition) is 8. The fourth-order valence-corrected chi connectivity index (χ4v) is 3.63. The molecule has 0 aliphatic rings. The van der Waals surface area contributed by atoms with Gasteiger partial charge in [-0.1, -0.05) is 11.8 Å². The second-order valence-corrected chi connectivity index (χ2v) is 7.93. The highest BCUT2D eigenvalue weighted by molar-refractivity contribution is 8.00. The first-order valence-corrected chi connectivity index (χ1v) is 10.4. The molecule has 3 rings (SSSR count). The van der Waals surface area contributed by atoms with Crippen LogP contribution in [0.3, 0.4) is 0 Å². The van der Waals surface area contributed by atoms with E-state index in [1.54, 1.807) is 0 Å². The van der Waals surface area contributed by atoms with Crippen LogP contribution >= 0.6 is 11.8 Å². The molecule has 10 nitrogen and oxygen atoms in total. The number of Topliss-reactive ketones (excluding diaryl/α,β-unsaturated/α-hetero) is 1. The van der Waals surface area contributed by atoms with Crippen molar-refractivity contribution in [3.8, 4) is 17.2 Å². The molecule has 184 valence electrons. The standard InChI is InChI=1S/C20H14F4N4O6S/c1-10(29)9-35-18-14(4-3-5-25-18)34-15-7-12(11(21)6-13(15)28(32)33)27-17(30)8-16(20(22,23)24)26(2)19(27)31/h3-8H,9H2,1-2H3. The molecule has 0 unspecified atom stereocenters. The van der Waals surface area contributed by atoms with Gasteiger partial charge < -0.3 is 4.74 Å². The quantitative estimate of drug-likeness (QED) is 0.203. The average Bonchev–Trinajstić information content (AvgIpc) is 2.76. The summed E-state index contributed by atoms with van der Waals surface area (Å²) in [6.07, 6.45) is -3.67. The Kier molecular flexibility index (Phi) is 7.09. The molecule has 0 amide bonds. The Balaban J connectivity index is 2.20. The van der Waals surface area contributed by atoms with Gasteiger partial charge in [0.1, 0.15) is 16.5 Å². The number of thioether (sulfide) groups is 1. The zero-order valence-corrected chi connectivity index (χ0v) is 18.6. The van der Waals surface area contributed by atoms with Crippen LogP contribution in [0.5, 0.6) is 11.5 Å². The van der Waals surface area contributed by atoms with Gasteiger partial charge in [0.2, 0.25) is 5.75 Å². The van der Waals surface area contributed by atoms with Crippen LogP contribution in [0.15, 0.2) is 51.1 Å². The van der Waals surface area contributed by atoms with Crippen molar-refractivity contribution in [2.45, 2.75) is 18.1 Å². The van der Waals surface area contributed by atoms with E-state index >= 15 is 0 Å². The predicted octanol–water partition coefficient (Wildman–Crippen LogP) is 3.47. The summed E-state index contributed by atoms with van der Waals surface area (Å²) in [5.41, 5.74) is -6.38. The van der Waals surface area contributed by atoms with Crippen molar-refractivity contribution < 1.29 is 32.0 Å². The molecule has 0 N–H and O–H groups in total. The first-order valence-electron chi connectivity index (χ1n) is 9.45. The summed E-state index contributed by atoms with van der Waals surface area (Å²) in [6.45, 7) is 1.33. The Hall–Kier alpha value is -4.01. The number of nitrogens with zero attached hydrogens (tertiary/aromatic N) is 4. The summed E-state index contributed by atoms with van der Waals surface area (Å²) in [5, 5.41) is 11.6. The smallest absolute Gasteiger partial charge is 0.431 e. The number of halogens is 4. The molecule has 0 aliphatic carbocycles. The fraction of sp³-hybridized carbons (Fsp3) is 0.200. The van der Waals surface area contributed by atoms with E-state index in [1.807, 2.05) is 0 Å². The lowest BCUT2D eigenvalue weighted by Crippen LogP contribution is -2.41. The van der Waals surface area contributed by atoms with Crippen LogP contribution in [0.4, 0.5) is 23.2 Å². The molecule has 1 aromatic carbocycles. The van der Waals surface area contributed by atoms with Gasteiger partial charge in [-0.15, -0.1) is 0 Å². The molecule has 15 heteroatoms. The number of nitro groups is 1. The van der Waals surface area contributed by atoms with Gasteiger partial charge in [0.05, 0.1) is 22.4 Å². The summed E-state index contributed by atoms with van der Waals surface area (Å²) < 4.78 is 59.9.